The smallest absolute Gasteiger partial charge is 0.233 e. The van der Waals surface area contributed by atoms with Crippen molar-refractivity contribution in [2.45, 2.75) is 49.4 Å². The van der Waals surface area contributed by atoms with Gasteiger partial charge in [-0.3, -0.25) is 4.79 Å². The van der Waals surface area contributed by atoms with Crippen LogP contribution >= 0.6 is 11.8 Å². The number of nitrogens with zero attached hydrogens (tertiary/aromatic N) is 3. The molecule has 1 atom stereocenters. The molecule has 2 aromatic rings. The quantitative estimate of drug-likeness (QED) is 0.733. The third-order valence-electron chi connectivity index (χ3n) is 5.12. The molecule has 1 saturated carbocycles. The van der Waals surface area contributed by atoms with Crippen LogP contribution in [0.4, 0.5) is 0 Å². The number of hydrogen-bond acceptors (Lipinski definition) is 5. The van der Waals surface area contributed by atoms with Gasteiger partial charge in [0.25, 0.3) is 0 Å². The first kappa shape index (κ1) is 19.7. The molecule has 1 N–H and O–H groups in total. The minimum Gasteiger partial charge on any atom is -0.496 e. The van der Waals surface area contributed by atoms with E-state index in [0.717, 1.165) is 28.8 Å². The number of nitrogens with one attached hydrogen (secondary N) is 1. The Morgan fingerprint density at radius 1 is 1.30 bits per heavy atom. The van der Waals surface area contributed by atoms with E-state index in [-0.39, 0.29) is 11.2 Å². The Kier molecular flexibility index (Phi) is 6.77. The number of methoxy groups -OCH3 is 1. The van der Waals surface area contributed by atoms with Gasteiger partial charge in [0.2, 0.25) is 5.91 Å². The van der Waals surface area contributed by atoms with Gasteiger partial charge in [-0.1, -0.05) is 43.2 Å². The molecule has 1 aliphatic carbocycles. The Hall–Kier alpha value is -2.02. The molecule has 1 aromatic carbocycles. The normalized spacial score (nSPS) is 16.1. The second kappa shape index (κ2) is 9.26. The maximum Gasteiger partial charge on any atom is 0.233 e. The van der Waals surface area contributed by atoms with Crippen LogP contribution in [0.25, 0.3) is 11.4 Å². The SMILES string of the molecule is COc1ccccc1-c1nnc(SC(C)C(=O)NCC2CCCCC2)n1C. The van der Waals surface area contributed by atoms with Crippen LogP contribution in [0.1, 0.15) is 39.0 Å². The molecule has 0 aliphatic heterocycles. The van der Waals surface area contributed by atoms with Crippen molar-refractivity contribution in [1.29, 1.82) is 0 Å². The van der Waals surface area contributed by atoms with Gasteiger partial charge in [-0.2, -0.15) is 0 Å². The van der Waals surface area contributed by atoms with Crippen molar-refractivity contribution in [3.8, 4) is 17.1 Å². The predicted molar refractivity (Wildman–Crippen MR) is 108 cm³/mol. The molecule has 1 unspecified atom stereocenters. The lowest BCUT2D eigenvalue weighted by Gasteiger charge is -2.22. The highest BCUT2D eigenvalue weighted by atomic mass is 32.2. The van der Waals surface area contributed by atoms with E-state index in [4.69, 9.17) is 4.74 Å². The van der Waals surface area contributed by atoms with Crippen LogP contribution < -0.4 is 10.1 Å². The fourth-order valence-corrected chi connectivity index (χ4v) is 4.31. The molecule has 1 heterocycles. The fourth-order valence-electron chi connectivity index (χ4n) is 3.47. The van der Waals surface area contributed by atoms with Crippen LogP contribution in [0, 0.1) is 5.92 Å². The van der Waals surface area contributed by atoms with E-state index in [9.17, 15) is 4.79 Å². The zero-order valence-electron chi connectivity index (χ0n) is 16.3. The molecule has 1 aromatic heterocycles. The Balaban J connectivity index is 1.62. The highest BCUT2D eigenvalue weighted by Crippen LogP contribution is 2.31. The number of para-hydroxylation sites is 1. The highest BCUT2D eigenvalue weighted by Gasteiger charge is 2.21. The minimum atomic E-state index is -0.220. The molecular weight excluding hydrogens is 360 g/mol. The maximum absolute atomic E-state index is 12.5. The van der Waals surface area contributed by atoms with E-state index in [1.54, 1.807) is 7.11 Å². The Labute approximate surface area is 165 Å². The average Bonchev–Trinajstić information content (AvgIpc) is 3.06. The number of aromatic nitrogens is 3. The van der Waals surface area contributed by atoms with Crippen molar-refractivity contribution in [1.82, 2.24) is 20.1 Å². The van der Waals surface area contributed by atoms with Gasteiger partial charge in [-0.15, -0.1) is 10.2 Å². The molecule has 1 fully saturated rings. The van der Waals surface area contributed by atoms with Crippen molar-refractivity contribution in [2.75, 3.05) is 13.7 Å². The molecule has 0 saturated heterocycles. The number of amides is 1. The van der Waals surface area contributed by atoms with E-state index in [1.807, 2.05) is 42.8 Å². The van der Waals surface area contributed by atoms with Gasteiger partial charge in [-0.25, -0.2) is 0 Å². The monoisotopic (exact) mass is 388 g/mol. The first-order valence-electron chi connectivity index (χ1n) is 9.57. The average molecular weight is 389 g/mol. The standard InChI is InChI=1S/C20H28N4O2S/c1-14(19(25)21-13-15-9-5-4-6-10-15)27-20-23-22-18(24(20)2)16-11-7-8-12-17(16)26-3/h7-8,11-12,14-15H,4-6,9-10,13H2,1-3H3,(H,21,25). The molecule has 0 bridgehead atoms. The largest absolute Gasteiger partial charge is 0.496 e. The lowest BCUT2D eigenvalue weighted by atomic mass is 9.89. The van der Waals surface area contributed by atoms with Gasteiger partial charge in [-0.05, 0) is 37.8 Å². The fraction of sp³-hybridized carbons (Fsp3) is 0.550. The topological polar surface area (TPSA) is 69.0 Å². The summed E-state index contributed by atoms with van der Waals surface area (Å²) >= 11 is 1.43. The van der Waals surface area contributed by atoms with Gasteiger partial charge >= 0.3 is 0 Å². The lowest BCUT2D eigenvalue weighted by Crippen LogP contribution is -2.35. The number of hydrogen-bond donors (Lipinski definition) is 1. The van der Waals surface area contributed by atoms with Gasteiger partial charge in [0.1, 0.15) is 5.75 Å². The van der Waals surface area contributed by atoms with E-state index >= 15 is 0 Å². The van der Waals surface area contributed by atoms with Crippen LogP contribution in [0.5, 0.6) is 5.75 Å². The number of carbonyl (C=O) groups excluding carboxylic acids is 1. The van der Waals surface area contributed by atoms with Crippen molar-refractivity contribution in [3.63, 3.8) is 0 Å². The summed E-state index contributed by atoms with van der Waals surface area (Å²) in [5.41, 5.74) is 0.885. The van der Waals surface area contributed by atoms with Crippen molar-refractivity contribution < 1.29 is 9.53 Å². The van der Waals surface area contributed by atoms with Gasteiger partial charge < -0.3 is 14.6 Å². The molecule has 0 radical (unpaired) electrons. The summed E-state index contributed by atoms with van der Waals surface area (Å²) in [7, 11) is 3.56. The summed E-state index contributed by atoms with van der Waals surface area (Å²) in [6, 6.07) is 7.73. The van der Waals surface area contributed by atoms with Crippen molar-refractivity contribution in [3.05, 3.63) is 24.3 Å². The minimum absolute atomic E-state index is 0.0624. The summed E-state index contributed by atoms with van der Waals surface area (Å²) < 4.78 is 7.33. The van der Waals surface area contributed by atoms with E-state index in [2.05, 4.69) is 15.5 Å². The first-order valence-corrected chi connectivity index (χ1v) is 10.4. The third kappa shape index (κ3) is 4.83. The number of carbonyl (C=O) groups is 1. The zero-order valence-corrected chi connectivity index (χ0v) is 17.1. The molecule has 146 valence electrons. The number of ether oxygens (including phenoxy) is 1. The molecule has 3 rings (SSSR count). The van der Waals surface area contributed by atoms with Crippen LogP contribution in [0.2, 0.25) is 0 Å². The van der Waals surface area contributed by atoms with Crippen LogP contribution in [0.3, 0.4) is 0 Å². The van der Waals surface area contributed by atoms with Crippen LogP contribution in [0.15, 0.2) is 29.4 Å². The van der Waals surface area contributed by atoms with E-state index in [1.165, 1.54) is 43.9 Å². The molecule has 1 aliphatic rings. The summed E-state index contributed by atoms with van der Waals surface area (Å²) in [6.07, 6.45) is 6.36. The number of benzene rings is 1. The summed E-state index contributed by atoms with van der Waals surface area (Å²) in [5.74, 6) is 2.17. The summed E-state index contributed by atoms with van der Waals surface area (Å²) in [5, 5.41) is 12.2. The summed E-state index contributed by atoms with van der Waals surface area (Å²) in [6.45, 7) is 2.70. The van der Waals surface area contributed by atoms with E-state index < -0.39 is 0 Å². The van der Waals surface area contributed by atoms with Crippen molar-refractivity contribution >= 4 is 17.7 Å². The van der Waals surface area contributed by atoms with Crippen LogP contribution in [-0.4, -0.2) is 39.6 Å². The molecule has 0 spiro atoms. The predicted octanol–water partition coefficient (Wildman–Crippen LogP) is 3.67. The third-order valence-corrected chi connectivity index (χ3v) is 6.26. The maximum atomic E-state index is 12.5. The number of rotatable bonds is 7. The molecule has 27 heavy (non-hydrogen) atoms. The lowest BCUT2D eigenvalue weighted by molar-refractivity contribution is -0.120. The van der Waals surface area contributed by atoms with Gasteiger partial charge in [0.05, 0.1) is 17.9 Å². The second-order valence-corrected chi connectivity index (χ2v) is 8.38. The van der Waals surface area contributed by atoms with Crippen molar-refractivity contribution in [2.24, 2.45) is 13.0 Å². The number of thioether (sulfide) groups is 1. The zero-order chi connectivity index (χ0) is 19.2. The second-order valence-electron chi connectivity index (χ2n) is 7.07. The summed E-state index contributed by atoms with van der Waals surface area (Å²) in [4.78, 5) is 12.5. The Morgan fingerprint density at radius 2 is 2.04 bits per heavy atom. The van der Waals surface area contributed by atoms with Gasteiger partial charge in [0, 0.05) is 13.6 Å². The Bertz CT molecular complexity index is 771. The van der Waals surface area contributed by atoms with Crippen LogP contribution in [-0.2, 0) is 11.8 Å². The molecule has 1 amide bonds. The molecule has 6 nitrogen and oxygen atoms in total. The highest BCUT2D eigenvalue weighted by molar-refractivity contribution is 8.00. The van der Waals surface area contributed by atoms with E-state index in [0.29, 0.717) is 5.92 Å². The van der Waals surface area contributed by atoms with Gasteiger partial charge in [0.15, 0.2) is 11.0 Å². The molecule has 7 heteroatoms. The first-order chi connectivity index (χ1) is 13.1. The Morgan fingerprint density at radius 3 is 2.78 bits per heavy atom. The molecular formula is C20H28N4O2S.